The molecule has 24 heavy (non-hydrogen) atoms. The van der Waals surface area contributed by atoms with Gasteiger partial charge >= 0.3 is 0 Å². The maximum Gasteiger partial charge on any atom is 0.151 e. The summed E-state index contributed by atoms with van der Waals surface area (Å²) in [5.41, 5.74) is 4.04. The molecule has 2 N–H and O–H groups in total. The Hall–Kier alpha value is -2.25. The van der Waals surface area contributed by atoms with Crippen LogP contribution in [0, 0.1) is 0 Å². The van der Waals surface area contributed by atoms with Gasteiger partial charge in [0.1, 0.15) is 11.0 Å². The van der Waals surface area contributed by atoms with Crippen molar-refractivity contribution in [3.63, 3.8) is 0 Å². The van der Waals surface area contributed by atoms with E-state index >= 15 is 0 Å². The van der Waals surface area contributed by atoms with E-state index in [-0.39, 0.29) is 6.10 Å². The lowest BCUT2D eigenvalue weighted by Crippen LogP contribution is -2.36. The summed E-state index contributed by atoms with van der Waals surface area (Å²) in [6.45, 7) is 2.34. The molecule has 3 aromatic rings. The molecule has 1 aliphatic heterocycles. The van der Waals surface area contributed by atoms with E-state index in [1.165, 1.54) is 11.7 Å². The maximum atomic E-state index is 9.70. The van der Waals surface area contributed by atoms with Crippen LogP contribution in [-0.4, -0.2) is 38.0 Å². The van der Waals surface area contributed by atoms with Crippen molar-refractivity contribution in [3.8, 4) is 0 Å². The number of nitrogens with zero attached hydrogens (tertiary/aromatic N) is 4. The highest BCUT2D eigenvalue weighted by Gasteiger charge is 2.20. The standard InChI is InChI=1S/C17H19N5OS/c23-13-6-9-22(10-7-13)17-15(5-2-8-18-17)19-11-12-3-1-4-14-16(12)21-24-20-14/h1-5,8,13,19,23H,6-7,9-11H2. The molecular formula is C17H19N5OS. The second-order valence-corrected chi connectivity index (χ2v) is 6.52. The van der Waals surface area contributed by atoms with E-state index in [1.807, 2.05) is 30.5 Å². The van der Waals surface area contributed by atoms with Crippen molar-refractivity contribution in [1.82, 2.24) is 13.7 Å². The van der Waals surface area contributed by atoms with Gasteiger partial charge in [-0.05, 0) is 31.0 Å². The molecule has 0 amide bonds. The maximum absolute atomic E-state index is 9.70. The molecule has 0 bridgehead atoms. The summed E-state index contributed by atoms with van der Waals surface area (Å²) in [4.78, 5) is 6.78. The average Bonchev–Trinajstić information content (AvgIpc) is 3.10. The number of aliphatic hydroxyl groups excluding tert-OH is 1. The summed E-state index contributed by atoms with van der Waals surface area (Å²) < 4.78 is 8.68. The van der Waals surface area contributed by atoms with Crippen molar-refractivity contribution in [2.24, 2.45) is 0 Å². The molecule has 6 nitrogen and oxygen atoms in total. The number of aromatic nitrogens is 3. The SMILES string of the molecule is OC1CCN(c2ncccc2NCc2cccc3nsnc23)CC1. The van der Waals surface area contributed by atoms with Crippen molar-refractivity contribution in [2.75, 3.05) is 23.3 Å². The molecule has 0 aliphatic carbocycles. The number of aliphatic hydroxyl groups is 1. The highest BCUT2D eigenvalue weighted by Crippen LogP contribution is 2.27. The molecule has 1 saturated heterocycles. The first-order valence-corrected chi connectivity index (χ1v) is 8.86. The summed E-state index contributed by atoms with van der Waals surface area (Å²) in [6, 6.07) is 10.1. The number of piperidine rings is 1. The van der Waals surface area contributed by atoms with Crippen LogP contribution in [0.5, 0.6) is 0 Å². The van der Waals surface area contributed by atoms with E-state index < -0.39 is 0 Å². The minimum atomic E-state index is -0.184. The number of hydrogen-bond donors (Lipinski definition) is 2. The van der Waals surface area contributed by atoms with Gasteiger partial charge in [-0.25, -0.2) is 4.98 Å². The van der Waals surface area contributed by atoms with E-state index in [0.717, 1.165) is 54.0 Å². The lowest BCUT2D eigenvalue weighted by atomic mass is 10.1. The smallest absolute Gasteiger partial charge is 0.151 e. The van der Waals surface area contributed by atoms with Crippen LogP contribution in [0.1, 0.15) is 18.4 Å². The minimum absolute atomic E-state index is 0.184. The number of rotatable bonds is 4. The Balaban J connectivity index is 1.54. The highest BCUT2D eigenvalue weighted by molar-refractivity contribution is 7.00. The van der Waals surface area contributed by atoms with Crippen molar-refractivity contribution in [3.05, 3.63) is 42.1 Å². The van der Waals surface area contributed by atoms with Crippen molar-refractivity contribution in [1.29, 1.82) is 0 Å². The largest absolute Gasteiger partial charge is 0.393 e. The van der Waals surface area contributed by atoms with Crippen LogP contribution in [0.25, 0.3) is 11.0 Å². The zero-order valence-electron chi connectivity index (χ0n) is 13.2. The number of anilines is 2. The third-order valence-electron chi connectivity index (χ3n) is 4.39. The summed E-state index contributed by atoms with van der Waals surface area (Å²) >= 11 is 1.24. The Bertz CT molecular complexity index is 828. The molecule has 2 aromatic heterocycles. The fraction of sp³-hybridized carbons (Fsp3) is 0.353. The summed E-state index contributed by atoms with van der Waals surface area (Å²) in [6.07, 6.45) is 3.21. The Morgan fingerprint density at radius 3 is 2.92 bits per heavy atom. The Kier molecular flexibility index (Phi) is 4.27. The molecule has 0 unspecified atom stereocenters. The van der Waals surface area contributed by atoms with Gasteiger partial charge in [0.05, 0.1) is 23.5 Å². The zero-order chi connectivity index (χ0) is 16.4. The van der Waals surface area contributed by atoms with Gasteiger partial charge in [0, 0.05) is 31.4 Å². The lowest BCUT2D eigenvalue weighted by molar-refractivity contribution is 0.145. The summed E-state index contributed by atoms with van der Waals surface area (Å²) in [5, 5.41) is 13.2. The van der Waals surface area contributed by atoms with E-state index in [9.17, 15) is 5.11 Å². The monoisotopic (exact) mass is 341 g/mol. The molecule has 1 aromatic carbocycles. The lowest BCUT2D eigenvalue weighted by Gasteiger charge is -2.31. The third-order valence-corrected chi connectivity index (χ3v) is 4.93. The van der Waals surface area contributed by atoms with E-state index in [4.69, 9.17) is 0 Å². The number of nitrogens with one attached hydrogen (secondary N) is 1. The fourth-order valence-corrected chi connectivity index (χ4v) is 3.63. The van der Waals surface area contributed by atoms with Gasteiger partial charge in [-0.15, -0.1) is 0 Å². The van der Waals surface area contributed by atoms with Crippen LogP contribution in [0.3, 0.4) is 0 Å². The van der Waals surface area contributed by atoms with Crippen LogP contribution < -0.4 is 10.2 Å². The van der Waals surface area contributed by atoms with Crippen molar-refractivity contribution < 1.29 is 5.11 Å². The van der Waals surface area contributed by atoms with Crippen molar-refractivity contribution in [2.45, 2.75) is 25.5 Å². The van der Waals surface area contributed by atoms with Crippen LogP contribution in [0.15, 0.2) is 36.5 Å². The topological polar surface area (TPSA) is 74.2 Å². The number of fused-ring (bicyclic) bond motifs is 1. The van der Waals surface area contributed by atoms with Crippen LogP contribution in [0.4, 0.5) is 11.5 Å². The predicted octanol–water partition coefficient (Wildman–Crippen LogP) is 2.66. The Morgan fingerprint density at radius 2 is 2.04 bits per heavy atom. The quantitative estimate of drug-likeness (QED) is 0.760. The first-order valence-electron chi connectivity index (χ1n) is 8.13. The second kappa shape index (κ2) is 6.70. The summed E-state index contributed by atoms with van der Waals surface area (Å²) in [5.74, 6) is 0.952. The summed E-state index contributed by atoms with van der Waals surface area (Å²) in [7, 11) is 0. The highest BCUT2D eigenvalue weighted by atomic mass is 32.1. The second-order valence-electron chi connectivity index (χ2n) is 6.00. The molecule has 3 heterocycles. The van der Waals surface area contributed by atoms with Crippen LogP contribution in [-0.2, 0) is 6.54 Å². The normalized spacial score (nSPS) is 15.8. The molecule has 1 fully saturated rings. The van der Waals surface area contributed by atoms with E-state index in [0.29, 0.717) is 6.54 Å². The van der Waals surface area contributed by atoms with Gasteiger partial charge in [0.2, 0.25) is 0 Å². The van der Waals surface area contributed by atoms with Crippen LogP contribution in [0.2, 0.25) is 0 Å². The predicted molar refractivity (Wildman–Crippen MR) is 96.4 cm³/mol. The Labute approximate surface area is 144 Å². The van der Waals surface area contributed by atoms with Gasteiger partial charge in [0.15, 0.2) is 5.82 Å². The first kappa shape index (κ1) is 15.3. The van der Waals surface area contributed by atoms with Crippen LogP contribution >= 0.6 is 11.7 Å². The van der Waals surface area contributed by atoms with Crippen molar-refractivity contribution >= 4 is 34.3 Å². The minimum Gasteiger partial charge on any atom is -0.393 e. The molecule has 4 rings (SSSR count). The molecule has 0 atom stereocenters. The van der Waals surface area contributed by atoms with Gasteiger partial charge in [-0.3, -0.25) is 0 Å². The molecule has 124 valence electrons. The molecule has 7 heteroatoms. The molecule has 1 aliphatic rings. The number of hydrogen-bond acceptors (Lipinski definition) is 7. The number of pyridine rings is 1. The fourth-order valence-electron chi connectivity index (χ4n) is 3.06. The van der Waals surface area contributed by atoms with E-state index in [1.54, 1.807) is 0 Å². The third kappa shape index (κ3) is 3.05. The Morgan fingerprint density at radius 1 is 1.17 bits per heavy atom. The first-order chi connectivity index (χ1) is 11.8. The molecule has 0 spiro atoms. The average molecular weight is 341 g/mol. The van der Waals surface area contributed by atoms with Gasteiger partial charge in [-0.1, -0.05) is 12.1 Å². The molecule has 0 radical (unpaired) electrons. The van der Waals surface area contributed by atoms with Gasteiger partial charge < -0.3 is 15.3 Å². The molecular weight excluding hydrogens is 322 g/mol. The zero-order valence-corrected chi connectivity index (χ0v) is 14.0. The molecule has 0 saturated carbocycles. The van der Waals surface area contributed by atoms with Gasteiger partial charge in [0.25, 0.3) is 0 Å². The number of benzene rings is 1. The van der Waals surface area contributed by atoms with Gasteiger partial charge in [-0.2, -0.15) is 8.75 Å². The van der Waals surface area contributed by atoms with E-state index in [2.05, 4.69) is 30.0 Å².